The van der Waals surface area contributed by atoms with Crippen LogP contribution in [-0.2, 0) is 32.6 Å². The standard InChI is InChI=1S/C28H35NO6S/c1-5-33-28(34-6-2)20-29(36(30,31)25-15-12-22(3)13-16-25)19-24-14-17-26(27(18-24)32-4)35-21-23-10-8-7-9-11-23/h7-18,28H,5-6,19-21H2,1-4H3. The molecule has 0 atom stereocenters. The molecule has 0 aliphatic carbocycles. The third-order valence-electron chi connectivity index (χ3n) is 5.54. The monoisotopic (exact) mass is 513 g/mol. The number of sulfonamides is 1. The summed E-state index contributed by atoms with van der Waals surface area (Å²) in [4.78, 5) is 0.217. The van der Waals surface area contributed by atoms with Crippen molar-refractivity contribution in [3.05, 3.63) is 89.5 Å². The lowest BCUT2D eigenvalue weighted by Gasteiger charge is -2.27. The van der Waals surface area contributed by atoms with E-state index in [1.807, 2.05) is 57.2 Å². The third kappa shape index (κ3) is 7.54. The summed E-state index contributed by atoms with van der Waals surface area (Å²) in [7, 11) is -2.26. The minimum atomic E-state index is -3.82. The number of benzene rings is 3. The van der Waals surface area contributed by atoms with Gasteiger partial charge in [-0.15, -0.1) is 0 Å². The van der Waals surface area contributed by atoms with Crippen molar-refractivity contribution in [2.45, 2.75) is 45.1 Å². The molecule has 3 aromatic rings. The highest BCUT2D eigenvalue weighted by Crippen LogP contribution is 2.30. The summed E-state index contributed by atoms with van der Waals surface area (Å²) < 4.78 is 51.5. The van der Waals surface area contributed by atoms with Gasteiger partial charge in [-0.1, -0.05) is 54.1 Å². The number of nitrogens with zero attached hydrogens (tertiary/aromatic N) is 1. The van der Waals surface area contributed by atoms with E-state index >= 15 is 0 Å². The Bertz CT molecular complexity index is 1180. The average molecular weight is 514 g/mol. The van der Waals surface area contributed by atoms with Gasteiger partial charge in [-0.2, -0.15) is 4.31 Å². The fraction of sp³-hybridized carbons (Fsp3) is 0.357. The summed E-state index contributed by atoms with van der Waals surface area (Å²) in [6, 6.07) is 22.1. The maximum atomic E-state index is 13.6. The summed E-state index contributed by atoms with van der Waals surface area (Å²) in [5, 5.41) is 0. The molecule has 36 heavy (non-hydrogen) atoms. The SMILES string of the molecule is CCOC(CN(Cc1ccc(OCc2ccccc2)c(OC)c1)S(=O)(=O)c1ccc(C)cc1)OCC. The van der Waals surface area contributed by atoms with Crippen LogP contribution in [0.5, 0.6) is 11.5 Å². The van der Waals surface area contributed by atoms with Gasteiger partial charge in [0.25, 0.3) is 0 Å². The molecule has 0 fully saturated rings. The Kier molecular flexibility index (Phi) is 10.3. The topological polar surface area (TPSA) is 74.3 Å². The van der Waals surface area contributed by atoms with E-state index in [2.05, 4.69) is 0 Å². The van der Waals surface area contributed by atoms with Crippen molar-refractivity contribution in [3.8, 4) is 11.5 Å². The number of hydrogen-bond donors (Lipinski definition) is 0. The van der Waals surface area contributed by atoms with Crippen LogP contribution in [0, 0.1) is 6.92 Å². The van der Waals surface area contributed by atoms with Gasteiger partial charge in [-0.3, -0.25) is 0 Å². The molecule has 0 amide bonds. The molecule has 0 aromatic heterocycles. The van der Waals surface area contributed by atoms with Gasteiger partial charge in [-0.25, -0.2) is 8.42 Å². The van der Waals surface area contributed by atoms with E-state index in [1.54, 1.807) is 43.5 Å². The predicted octanol–water partition coefficient (Wildman–Crippen LogP) is 5.17. The highest BCUT2D eigenvalue weighted by atomic mass is 32.2. The molecule has 0 spiro atoms. The normalized spacial score (nSPS) is 11.7. The Morgan fingerprint density at radius 3 is 2.11 bits per heavy atom. The first-order valence-electron chi connectivity index (χ1n) is 12.0. The number of methoxy groups -OCH3 is 1. The van der Waals surface area contributed by atoms with E-state index in [9.17, 15) is 8.42 Å². The molecule has 0 aliphatic heterocycles. The second-order valence-electron chi connectivity index (χ2n) is 8.21. The van der Waals surface area contributed by atoms with Crippen LogP contribution in [0.3, 0.4) is 0 Å². The Morgan fingerprint density at radius 2 is 1.50 bits per heavy atom. The molecule has 0 saturated heterocycles. The lowest BCUT2D eigenvalue weighted by Crippen LogP contribution is -2.39. The molecule has 0 bridgehead atoms. The fourth-order valence-electron chi connectivity index (χ4n) is 3.67. The molecular formula is C28H35NO6S. The van der Waals surface area contributed by atoms with Gasteiger partial charge in [-0.05, 0) is 56.2 Å². The molecule has 0 radical (unpaired) electrons. The molecule has 0 saturated carbocycles. The van der Waals surface area contributed by atoms with Crippen LogP contribution in [0.4, 0.5) is 0 Å². The van der Waals surface area contributed by atoms with Crippen LogP contribution in [0.25, 0.3) is 0 Å². The van der Waals surface area contributed by atoms with E-state index in [0.717, 1.165) is 16.7 Å². The zero-order chi connectivity index (χ0) is 26.0. The number of rotatable bonds is 14. The van der Waals surface area contributed by atoms with Crippen LogP contribution in [0.15, 0.2) is 77.7 Å². The quantitative estimate of drug-likeness (QED) is 0.277. The van der Waals surface area contributed by atoms with E-state index in [0.29, 0.717) is 31.3 Å². The van der Waals surface area contributed by atoms with E-state index in [1.165, 1.54) is 4.31 Å². The molecule has 8 heteroatoms. The zero-order valence-corrected chi connectivity index (χ0v) is 22.2. The van der Waals surface area contributed by atoms with Gasteiger partial charge in [0.05, 0.1) is 18.6 Å². The highest BCUT2D eigenvalue weighted by Gasteiger charge is 2.28. The summed E-state index contributed by atoms with van der Waals surface area (Å²) >= 11 is 0. The number of aryl methyl sites for hydroxylation is 1. The number of hydrogen-bond acceptors (Lipinski definition) is 6. The molecule has 3 aromatic carbocycles. The zero-order valence-electron chi connectivity index (χ0n) is 21.3. The molecule has 0 N–H and O–H groups in total. The smallest absolute Gasteiger partial charge is 0.243 e. The van der Waals surface area contributed by atoms with Crippen LogP contribution >= 0.6 is 0 Å². The predicted molar refractivity (Wildman–Crippen MR) is 140 cm³/mol. The molecule has 0 aliphatic rings. The van der Waals surface area contributed by atoms with Crippen LogP contribution in [-0.4, -0.2) is 45.9 Å². The molecule has 194 valence electrons. The minimum absolute atomic E-state index is 0.0481. The van der Waals surface area contributed by atoms with Gasteiger partial charge in [0.15, 0.2) is 17.8 Å². The summed E-state index contributed by atoms with van der Waals surface area (Å²) in [6.07, 6.45) is -0.685. The van der Waals surface area contributed by atoms with Crippen molar-refractivity contribution in [3.63, 3.8) is 0 Å². The van der Waals surface area contributed by atoms with Crippen molar-refractivity contribution < 1.29 is 27.4 Å². The molecule has 7 nitrogen and oxygen atoms in total. The van der Waals surface area contributed by atoms with Gasteiger partial charge in [0.2, 0.25) is 10.0 Å². The number of ether oxygens (including phenoxy) is 4. The Labute approximate surface area is 214 Å². The lowest BCUT2D eigenvalue weighted by molar-refractivity contribution is -0.140. The van der Waals surface area contributed by atoms with Crippen molar-refractivity contribution in [1.82, 2.24) is 4.31 Å². The van der Waals surface area contributed by atoms with Crippen LogP contribution in [0.1, 0.15) is 30.5 Å². The van der Waals surface area contributed by atoms with Crippen molar-refractivity contribution >= 4 is 10.0 Å². The Balaban J connectivity index is 1.87. The first-order chi connectivity index (χ1) is 17.4. The molecular weight excluding hydrogens is 478 g/mol. The van der Waals surface area contributed by atoms with Gasteiger partial charge in [0, 0.05) is 19.8 Å². The van der Waals surface area contributed by atoms with Gasteiger partial charge >= 0.3 is 0 Å². The minimum Gasteiger partial charge on any atom is -0.493 e. The Morgan fingerprint density at radius 1 is 0.833 bits per heavy atom. The third-order valence-corrected chi connectivity index (χ3v) is 7.37. The van der Waals surface area contributed by atoms with E-state index in [4.69, 9.17) is 18.9 Å². The first-order valence-corrected chi connectivity index (χ1v) is 13.4. The van der Waals surface area contributed by atoms with Crippen LogP contribution < -0.4 is 9.47 Å². The largest absolute Gasteiger partial charge is 0.493 e. The van der Waals surface area contributed by atoms with E-state index < -0.39 is 16.3 Å². The first kappa shape index (κ1) is 27.7. The fourth-order valence-corrected chi connectivity index (χ4v) is 5.08. The second-order valence-corrected chi connectivity index (χ2v) is 10.1. The van der Waals surface area contributed by atoms with Crippen molar-refractivity contribution in [1.29, 1.82) is 0 Å². The highest BCUT2D eigenvalue weighted by molar-refractivity contribution is 7.89. The maximum absolute atomic E-state index is 13.6. The van der Waals surface area contributed by atoms with Crippen molar-refractivity contribution in [2.24, 2.45) is 0 Å². The molecule has 0 heterocycles. The van der Waals surface area contributed by atoms with Gasteiger partial charge < -0.3 is 18.9 Å². The maximum Gasteiger partial charge on any atom is 0.243 e. The summed E-state index contributed by atoms with van der Waals surface area (Å²) in [5.41, 5.74) is 2.77. The van der Waals surface area contributed by atoms with E-state index in [-0.39, 0.29) is 18.0 Å². The second kappa shape index (κ2) is 13.4. The van der Waals surface area contributed by atoms with Gasteiger partial charge in [0.1, 0.15) is 6.61 Å². The lowest BCUT2D eigenvalue weighted by atomic mass is 10.2. The summed E-state index contributed by atoms with van der Waals surface area (Å²) in [5.74, 6) is 1.11. The van der Waals surface area contributed by atoms with Crippen LogP contribution in [0.2, 0.25) is 0 Å². The molecule has 0 unspecified atom stereocenters. The molecule has 3 rings (SSSR count). The van der Waals surface area contributed by atoms with Crippen molar-refractivity contribution in [2.75, 3.05) is 26.9 Å². The Hall–Kier alpha value is -2.91. The summed E-state index contributed by atoms with van der Waals surface area (Å²) in [6.45, 7) is 6.99. The average Bonchev–Trinajstić information content (AvgIpc) is 2.88.